The van der Waals surface area contributed by atoms with Gasteiger partial charge < -0.3 is 4.57 Å². The van der Waals surface area contributed by atoms with Gasteiger partial charge in [0.15, 0.2) is 0 Å². The Morgan fingerprint density at radius 3 is 2.75 bits per heavy atom. The quantitative estimate of drug-likeness (QED) is 0.651. The number of benzene rings is 1. The first-order valence-electron chi connectivity index (χ1n) is 6.89. The summed E-state index contributed by atoms with van der Waals surface area (Å²) in [5.74, 6) is 0. The van der Waals surface area contributed by atoms with Crippen LogP contribution in [0.1, 0.15) is 37.3 Å². The van der Waals surface area contributed by atoms with Crippen LogP contribution in [0, 0.1) is 0 Å². The highest BCUT2D eigenvalue weighted by atomic mass is 35.5. The van der Waals surface area contributed by atoms with Crippen molar-refractivity contribution in [2.75, 3.05) is 0 Å². The van der Waals surface area contributed by atoms with Gasteiger partial charge in [0.05, 0.1) is 15.7 Å². The number of nitrogens with zero attached hydrogens (tertiary/aromatic N) is 2. The molecule has 0 N–H and O–H groups in total. The largest absolute Gasteiger partial charge is 0.351 e. The first-order chi connectivity index (χ1) is 9.74. The molecule has 1 aliphatic rings. The standard InChI is InChI=1S/C16H16Cl2N2/c17-14-6-3-7-15(16(14)18)19-10-12-8-9-20(11-12)13-4-1-2-5-13/h3,6-11,13H,1-2,4-5H2. The molecule has 3 rings (SSSR count). The molecule has 0 amide bonds. The van der Waals surface area contributed by atoms with Gasteiger partial charge >= 0.3 is 0 Å². The summed E-state index contributed by atoms with van der Waals surface area (Å²) < 4.78 is 2.30. The lowest BCUT2D eigenvalue weighted by Gasteiger charge is -2.10. The van der Waals surface area contributed by atoms with Gasteiger partial charge in [0.2, 0.25) is 0 Å². The van der Waals surface area contributed by atoms with Crippen LogP contribution in [0.5, 0.6) is 0 Å². The van der Waals surface area contributed by atoms with Gasteiger partial charge in [0.25, 0.3) is 0 Å². The van der Waals surface area contributed by atoms with Gasteiger partial charge in [-0.15, -0.1) is 0 Å². The average molecular weight is 307 g/mol. The highest BCUT2D eigenvalue weighted by Crippen LogP contribution is 2.32. The van der Waals surface area contributed by atoms with Crippen molar-refractivity contribution >= 4 is 35.1 Å². The minimum absolute atomic E-state index is 0.501. The van der Waals surface area contributed by atoms with Crippen molar-refractivity contribution in [1.29, 1.82) is 0 Å². The third kappa shape index (κ3) is 2.92. The van der Waals surface area contributed by atoms with Crippen LogP contribution in [0.2, 0.25) is 10.0 Å². The Kier molecular flexibility index (Phi) is 4.13. The molecule has 1 saturated carbocycles. The van der Waals surface area contributed by atoms with Crippen LogP contribution >= 0.6 is 23.2 Å². The summed E-state index contributed by atoms with van der Waals surface area (Å²) in [6.45, 7) is 0. The summed E-state index contributed by atoms with van der Waals surface area (Å²) in [7, 11) is 0. The van der Waals surface area contributed by atoms with Gasteiger partial charge in [-0.2, -0.15) is 0 Å². The van der Waals surface area contributed by atoms with E-state index in [4.69, 9.17) is 23.2 Å². The van der Waals surface area contributed by atoms with Gasteiger partial charge in [-0.1, -0.05) is 42.1 Å². The Morgan fingerprint density at radius 2 is 1.95 bits per heavy atom. The second-order valence-electron chi connectivity index (χ2n) is 5.16. The molecule has 2 aromatic rings. The summed E-state index contributed by atoms with van der Waals surface area (Å²) >= 11 is 12.1. The van der Waals surface area contributed by atoms with Crippen LogP contribution < -0.4 is 0 Å². The van der Waals surface area contributed by atoms with Crippen molar-refractivity contribution in [3.8, 4) is 0 Å². The zero-order chi connectivity index (χ0) is 13.9. The molecule has 20 heavy (non-hydrogen) atoms. The minimum atomic E-state index is 0.501. The van der Waals surface area contributed by atoms with Crippen molar-refractivity contribution in [3.05, 3.63) is 52.3 Å². The van der Waals surface area contributed by atoms with Crippen LogP contribution in [0.15, 0.2) is 41.7 Å². The van der Waals surface area contributed by atoms with Crippen LogP contribution in [-0.4, -0.2) is 10.8 Å². The maximum atomic E-state index is 6.12. The van der Waals surface area contributed by atoms with Crippen molar-refractivity contribution in [3.63, 3.8) is 0 Å². The molecule has 1 heterocycles. The van der Waals surface area contributed by atoms with Crippen LogP contribution in [0.25, 0.3) is 0 Å². The fourth-order valence-electron chi connectivity index (χ4n) is 2.67. The number of aromatic nitrogens is 1. The summed E-state index contributed by atoms with van der Waals surface area (Å²) in [5, 5.41) is 1.03. The molecule has 2 nitrogen and oxygen atoms in total. The lowest BCUT2D eigenvalue weighted by Crippen LogP contribution is -2.00. The van der Waals surface area contributed by atoms with E-state index in [1.165, 1.54) is 25.7 Å². The van der Waals surface area contributed by atoms with E-state index in [2.05, 4.69) is 28.0 Å². The maximum Gasteiger partial charge on any atom is 0.0848 e. The molecule has 4 heteroatoms. The van der Waals surface area contributed by atoms with Crippen molar-refractivity contribution < 1.29 is 0 Å². The van der Waals surface area contributed by atoms with Crippen molar-refractivity contribution in [2.24, 2.45) is 4.99 Å². The lowest BCUT2D eigenvalue weighted by atomic mass is 10.2. The van der Waals surface area contributed by atoms with Crippen LogP contribution in [0.4, 0.5) is 5.69 Å². The van der Waals surface area contributed by atoms with E-state index in [1.54, 1.807) is 6.07 Å². The van der Waals surface area contributed by atoms with E-state index >= 15 is 0 Å². The summed E-state index contributed by atoms with van der Waals surface area (Å²) in [6.07, 6.45) is 11.4. The van der Waals surface area contributed by atoms with Crippen LogP contribution in [-0.2, 0) is 0 Å². The number of halogens is 2. The predicted octanol–water partition coefficient (Wildman–Crippen LogP) is 5.66. The smallest absolute Gasteiger partial charge is 0.0848 e. The zero-order valence-corrected chi connectivity index (χ0v) is 12.6. The van der Waals surface area contributed by atoms with Crippen LogP contribution in [0.3, 0.4) is 0 Å². The average Bonchev–Trinajstić information content (AvgIpc) is 3.10. The van der Waals surface area contributed by atoms with E-state index in [9.17, 15) is 0 Å². The molecule has 1 fully saturated rings. The minimum Gasteiger partial charge on any atom is -0.351 e. The molecule has 1 aliphatic carbocycles. The van der Waals surface area contributed by atoms with Crippen molar-refractivity contribution in [1.82, 2.24) is 4.57 Å². The summed E-state index contributed by atoms with van der Waals surface area (Å²) in [4.78, 5) is 4.42. The molecule has 0 aliphatic heterocycles. The monoisotopic (exact) mass is 306 g/mol. The second kappa shape index (κ2) is 6.02. The van der Waals surface area contributed by atoms with Gasteiger partial charge in [-0.05, 0) is 31.0 Å². The van der Waals surface area contributed by atoms with Gasteiger partial charge in [0, 0.05) is 30.2 Å². The maximum absolute atomic E-state index is 6.12. The first kappa shape index (κ1) is 13.7. The Morgan fingerprint density at radius 1 is 1.15 bits per heavy atom. The molecule has 0 atom stereocenters. The van der Waals surface area contributed by atoms with E-state index in [0.29, 0.717) is 21.8 Å². The van der Waals surface area contributed by atoms with Crippen molar-refractivity contribution in [2.45, 2.75) is 31.7 Å². The third-order valence-electron chi connectivity index (χ3n) is 3.77. The fraction of sp³-hybridized carbons (Fsp3) is 0.312. The molecule has 0 bridgehead atoms. The third-order valence-corrected chi connectivity index (χ3v) is 4.58. The van der Waals surface area contributed by atoms with Gasteiger partial charge in [-0.3, -0.25) is 4.99 Å². The highest BCUT2D eigenvalue weighted by molar-refractivity contribution is 6.43. The van der Waals surface area contributed by atoms with E-state index in [-0.39, 0.29) is 0 Å². The molecule has 104 valence electrons. The fourth-order valence-corrected chi connectivity index (χ4v) is 3.02. The topological polar surface area (TPSA) is 17.3 Å². The molecule has 1 aromatic heterocycles. The Bertz CT molecular complexity index is 625. The van der Waals surface area contributed by atoms with Gasteiger partial charge in [0.1, 0.15) is 0 Å². The molecular formula is C16H16Cl2N2. The first-order valence-corrected chi connectivity index (χ1v) is 7.65. The Hall–Kier alpha value is -1.25. The number of rotatable bonds is 3. The summed E-state index contributed by atoms with van der Waals surface area (Å²) in [6, 6.07) is 8.22. The number of hydrogen-bond acceptors (Lipinski definition) is 1. The van der Waals surface area contributed by atoms with E-state index < -0.39 is 0 Å². The van der Waals surface area contributed by atoms with E-state index in [1.807, 2.05) is 18.3 Å². The SMILES string of the molecule is Clc1cccc(N=Cc2ccn(C3CCCC3)c2)c1Cl. The highest BCUT2D eigenvalue weighted by Gasteiger charge is 2.15. The normalized spacial score (nSPS) is 16.3. The molecular weight excluding hydrogens is 291 g/mol. The van der Waals surface area contributed by atoms with Gasteiger partial charge in [-0.25, -0.2) is 0 Å². The molecule has 0 saturated heterocycles. The summed E-state index contributed by atoms with van der Waals surface area (Å²) in [5.41, 5.74) is 1.79. The zero-order valence-electron chi connectivity index (χ0n) is 11.1. The predicted molar refractivity (Wildman–Crippen MR) is 85.7 cm³/mol. The molecule has 0 spiro atoms. The Labute approximate surface area is 129 Å². The number of aliphatic imine (C=N–C) groups is 1. The second-order valence-corrected chi connectivity index (χ2v) is 5.95. The Balaban J connectivity index is 1.77. The molecule has 0 unspecified atom stereocenters. The lowest BCUT2D eigenvalue weighted by molar-refractivity contribution is 0.521. The number of hydrogen-bond donors (Lipinski definition) is 0. The molecule has 0 radical (unpaired) electrons. The molecule has 1 aromatic carbocycles. The van der Waals surface area contributed by atoms with E-state index in [0.717, 1.165) is 5.56 Å².